The first-order valence-corrected chi connectivity index (χ1v) is 4.14. The molecule has 0 saturated carbocycles. The van der Waals surface area contributed by atoms with E-state index < -0.39 is 0 Å². The second-order valence-corrected chi connectivity index (χ2v) is 3.35. The molecule has 0 unspecified atom stereocenters. The van der Waals surface area contributed by atoms with Gasteiger partial charge in [-0.1, -0.05) is 11.6 Å². The van der Waals surface area contributed by atoms with E-state index in [1.54, 1.807) is 6.07 Å². The molecule has 0 atom stereocenters. The minimum absolute atomic E-state index is 0.676. The van der Waals surface area contributed by atoms with Crippen LogP contribution >= 0.6 is 34.2 Å². The molecule has 2 nitrogen and oxygen atoms in total. The van der Waals surface area contributed by atoms with E-state index in [0.717, 1.165) is 14.0 Å². The molecule has 0 saturated heterocycles. The first kappa shape index (κ1) is 8.07. The molecule has 1 rings (SSSR count). The van der Waals surface area contributed by atoms with E-state index in [2.05, 4.69) is 0 Å². The van der Waals surface area contributed by atoms with Crippen molar-refractivity contribution >= 4 is 34.2 Å². The molecule has 0 aromatic carbocycles. The zero-order valence-corrected chi connectivity index (χ0v) is 8.22. The molecule has 54 valence electrons. The van der Waals surface area contributed by atoms with Crippen LogP contribution in [0.25, 0.3) is 0 Å². The molecule has 10 heavy (non-hydrogen) atoms. The van der Waals surface area contributed by atoms with Gasteiger partial charge in [0.15, 0.2) is 0 Å². The van der Waals surface area contributed by atoms with Gasteiger partial charge in [0.2, 0.25) is 6.20 Å². The summed E-state index contributed by atoms with van der Waals surface area (Å²) in [6, 6.07) is 1.65. The van der Waals surface area contributed by atoms with Gasteiger partial charge in [-0.15, -0.1) is 0 Å². The number of hydrogen-bond donors (Lipinski definition) is 1. The molecule has 0 spiro atoms. The van der Waals surface area contributed by atoms with Gasteiger partial charge in [-0.2, -0.15) is 0 Å². The third kappa shape index (κ3) is 1.34. The van der Waals surface area contributed by atoms with Gasteiger partial charge < -0.3 is 0 Å². The summed E-state index contributed by atoms with van der Waals surface area (Å²) in [7, 11) is 0. The largest absolute Gasteiger partial charge is 0.296 e. The lowest BCUT2D eigenvalue weighted by Gasteiger charge is -1.94. The highest BCUT2D eigenvalue weighted by atomic mass is 127. The molecular formula is C6H6ClINO+. The van der Waals surface area contributed by atoms with Crippen LogP contribution in [0, 0.1) is 10.6 Å². The zero-order valence-electron chi connectivity index (χ0n) is 5.31. The maximum Gasteiger partial charge on any atom is 0.296 e. The molecule has 0 bridgehead atoms. The molecule has 0 fully saturated rings. The van der Waals surface area contributed by atoms with E-state index in [-0.39, 0.29) is 0 Å². The minimum Gasteiger partial charge on any atom is -0.284 e. The normalized spacial score (nSPS) is 9.90. The highest BCUT2D eigenvalue weighted by Crippen LogP contribution is 2.15. The van der Waals surface area contributed by atoms with Crippen LogP contribution in [0.3, 0.4) is 0 Å². The van der Waals surface area contributed by atoms with E-state index in [0.29, 0.717) is 5.02 Å². The van der Waals surface area contributed by atoms with Crippen LogP contribution in [-0.4, -0.2) is 5.21 Å². The fraction of sp³-hybridized carbons (Fsp3) is 0.167. The summed E-state index contributed by atoms with van der Waals surface area (Å²) in [6.07, 6.45) is 1.51. The number of rotatable bonds is 0. The van der Waals surface area contributed by atoms with Gasteiger partial charge in [0.05, 0.1) is 10.6 Å². The molecule has 0 radical (unpaired) electrons. The second kappa shape index (κ2) is 2.92. The van der Waals surface area contributed by atoms with Gasteiger partial charge >= 0.3 is 0 Å². The lowest BCUT2D eigenvalue weighted by atomic mass is 10.3. The molecule has 1 aromatic heterocycles. The Hall–Kier alpha value is -0.0300. The number of pyridine rings is 1. The Kier molecular flexibility index (Phi) is 2.36. The molecule has 0 aliphatic rings. The van der Waals surface area contributed by atoms with Crippen LogP contribution in [-0.2, 0) is 0 Å². The summed E-state index contributed by atoms with van der Waals surface area (Å²) in [5.74, 6) is 0. The van der Waals surface area contributed by atoms with Crippen molar-refractivity contribution in [2.45, 2.75) is 6.92 Å². The summed E-state index contributed by atoms with van der Waals surface area (Å²) >= 11 is 7.78. The zero-order chi connectivity index (χ0) is 7.72. The van der Waals surface area contributed by atoms with Crippen LogP contribution < -0.4 is 4.73 Å². The maximum atomic E-state index is 9.08. The van der Waals surface area contributed by atoms with E-state index in [9.17, 15) is 0 Å². The molecule has 1 heterocycles. The Labute approximate surface area is 77.5 Å². The van der Waals surface area contributed by atoms with Crippen LogP contribution in [0.4, 0.5) is 0 Å². The Morgan fingerprint density at radius 1 is 1.70 bits per heavy atom. The van der Waals surface area contributed by atoms with E-state index in [4.69, 9.17) is 16.8 Å². The third-order valence-electron chi connectivity index (χ3n) is 1.23. The van der Waals surface area contributed by atoms with Crippen LogP contribution in [0.1, 0.15) is 5.56 Å². The SMILES string of the molecule is Cc1c(Cl)cc[n+](O)c1I. The quantitative estimate of drug-likeness (QED) is 0.330. The predicted octanol–water partition coefficient (Wildman–Crippen LogP) is 1.78. The summed E-state index contributed by atoms with van der Waals surface area (Å²) in [5, 5.41) is 9.75. The average molecular weight is 270 g/mol. The maximum absolute atomic E-state index is 9.08. The van der Waals surface area contributed by atoms with Gasteiger partial charge in [0, 0.05) is 33.4 Å². The van der Waals surface area contributed by atoms with E-state index in [1.165, 1.54) is 6.20 Å². The van der Waals surface area contributed by atoms with Crippen molar-refractivity contribution in [3.05, 3.63) is 26.5 Å². The van der Waals surface area contributed by atoms with Gasteiger partial charge in [-0.3, -0.25) is 5.21 Å². The molecule has 0 aliphatic carbocycles. The summed E-state index contributed by atoms with van der Waals surface area (Å²) in [5.41, 5.74) is 0.896. The minimum atomic E-state index is 0.676. The van der Waals surface area contributed by atoms with E-state index >= 15 is 0 Å². The van der Waals surface area contributed by atoms with Crippen molar-refractivity contribution in [1.82, 2.24) is 0 Å². The highest BCUT2D eigenvalue weighted by molar-refractivity contribution is 14.1. The molecule has 1 N–H and O–H groups in total. The predicted molar refractivity (Wildman–Crippen MR) is 46.3 cm³/mol. The molecule has 4 heteroatoms. The number of aromatic nitrogens is 1. The third-order valence-corrected chi connectivity index (χ3v) is 2.94. The average Bonchev–Trinajstić information content (AvgIpc) is 1.93. The number of halogens is 2. The monoisotopic (exact) mass is 270 g/mol. The summed E-state index contributed by atoms with van der Waals surface area (Å²) < 4.78 is 1.78. The van der Waals surface area contributed by atoms with Crippen LogP contribution in [0.15, 0.2) is 12.3 Å². The van der Waals surface area contributed by atoms with Crippen molar-refractivity contribution < 1.29 is 9.94 Å². The van der Waals surface area contributed by atoms with Gasteiger partial charge in [-0.25, -0.2) is 0 Å². The molecular weight excluding hydrogens is 264 g/mol. The Morgan fingerprint density at radius 3 is 2.80 bits per heavy atom. The van der Waals surface area contributed by atoms with Gasteiger partial charge in [0.1, 0.15) is 0 Å². The number of nitrogens with zero attached hydrogens (tertiary/aromatic N) is 1. The van der Waals surface area contributed by atoms with E-state index in [1.807, 2.05) is 29.5 Å². The first-order chi connectivity index (χ1) is 4.63. The van der Waals surface area contributed by atoms with Crippen molar-refractivity contribution in [3.63, 3.8) is 0 Å². The van der Waals surface area contributed by atoms with Crippen molar-refractivity contribution in [2.24, 2.45) is 0 Å². The van der Waals surface area contributed by atoms with Crippen LogP contribution in [0.5, 0.6) is 0 Å². The Bertz CT molecular complexity index is 237. The standard InChI is InChI=1S/C6H6ClINO/c1-4-5(7)2-3-9(10)6(4)8/h2-3,10H,1H3/q+1. The Morgan fingerprint density at radius 2 is 2.30 bits per heavy atom. The van der Waals surface area contributed by atoms with Gasteiger partial charge in [-0.05, 0) is 6.92 Å². The molecule has 0 amide bonds. The lowest BCUT2D eigenvalue weighted by molar-refractivity contribution is -0.914. The Balaban J connectivity index is 3.34. The van der Waals surface area contributed by atoms with Gasteiger partial charge in [0.25, 0.3) is 3.70 Å². The fourth-order valence-electron chi connectivity index (χ4n) is 0.597. The van der Waals surface area contributed by atoms with Crippen molar-refractivity contribution in [2.75, 3.05) is 0 Å². The van der Waals surface area contributed by atoms with Crippen molar-refractivity contribution in [3.8, 4) is 0 Å². The molecule has 1 aromatic rings. The summed E-state index contributed by atoms with van der Waals surface area (Å²) in [4.78, 5) is 0. The molecule has 0 aliphatic heterocycles. The fourth-order valence-corrected chi connectivity index (χ4v) is 1.35. The highest BCUT2D eigenvalue weighted by Gasteiger charge is 2.11. The van der Waals surface area contributed by atoms with Crippen molar-refractivity contribution in [1.29, 1.82) is 0 Å². The number of hydrogen-bond acceptors (Lipinski definition) is 1. The topological polar surface area (TPSA) is 24.1 Å². The van der Waals surface area contributed by atoms with Crippen LogP contribution in [0.2, 0.25) is 5.02 Å². The summed E-state index contributed by atoms with van der Waals surface area (Å²) in [6.45, 7) is 1.86. The first-order valence-electron chi connectivity index (χ1n) is 2.68. The lowest BCUT2D eigenvalue weighted by Crippen LogP contribution is -2.34. The second-order valence-electron chi connectivity index (χ2n) is 1.92. The smallest absolute Gasteiger partial charge is 0.284 e.